The van der Waals surface area contributed by atoms with Gasteiger partial charge in [-0.15, -0.1) is 0 Å². The molecule has 0 radical (unpaired) electrons. The number of hydrogen-bond donors (Lipinski definition) is 1. The Bertz CT molecular complexity index is 830. The molecule has 0 unspecified atom stereocenters. The Hall–Kier alpha value is -2.82. The van der Waals surface area contributed by atoms with Crippen LogP contribution >= 0.6 is 0 Å². The van der Waals surface area contributed by atoms with Crippen LogP contribution in [-0.2, 0) is 0 Å². The molecule has 5 heteroatoms. The Morgan fingerprint density at radius 3 is 2.41 bits per heavy atom. The second kappa shape index (κ2) is 8.25. The van der Waals surface area contributed by atoms with E-state index in [1.807, 2.05) is 29.2 Å². The summed E-state index contributed by atoms with van der Waals surface area (Å²) in [7, 11) is 1.58. The van der Waals surface area contributed by atoms with Crippen molar-refractivity contribution in [2.45, 2.75) is 26.2 Å². The first-order chi connectivity index (χ1) is 13.0. The van der Waals surface area contributed by atoms with Gasteiger partial charge in [-0.1, -0.05) is 19.1 Å². The van der Waals surface area contributed by atoms with Crippen molar-refractivity contribution in [3.63, 3.8) is 0 Å². The van der Waals surface area contributed by atoms with Crippen molar-refractivity contribution < 1.29 is 14.3 Å². The standard InChI is InChI=1S/C22H26N2O3/c1-15-4-3-12-24(13-11-15)22(26)17-7-5-16(6-8-17)19-14-18(21(23)25)9-10-20(19)27-2/h5-10,14-15H,3-4,11-13H2,1-2H3,(H2,23,25)/t15-/m1/s1. The zero-order valence-corrected chi connectivity index (χ0v) is 15.9. The van der Waals surface area contributed by atoms with E-state index in [0.29, 0.717) is 22.8 Å². The number of ether oxygens (including phenoxy) is 1. The molecule has 142 valence electrons. The van der Waals surface area contributed by atoms with Crippen molar-refractivity contribution in [3.8, 4) is 16.9 Å². The van der Waals surface area contributed by atoms with Gasteiger partial charge in [0.15, 0.2) is 0 Å². The summed E-state index contributed by atoms with van der Waals surface area (Å²) in [6.45, 7) is 3.88. The summed E-state index contributed by atoms with van der Waals surface area (Å²) < 4.78 is 5.40. The molecule has 0 saturated carbocycles. The largest absolute Gasteiger partial charge is 0.496 e. The first-order valence-electron chi connectivity index (χ1n) is 9.37. The summed E-state index contributed by atoms with van der Waals surface area (Å²) in [5.74, 6) is 0.922. The molecular weight excluding hydrogens is 340 g/mol. The van der Waals surface area contributed by atoms with E-state index in [-0.39, 0.29) is 5.91 Å². The van der Waals surface area contributed by atoms with Crippen LogP contribution in [-0.4, -0.2) is 36.9 Å². The van der Waals surface area contributed by atoms with Gasteiger partial charge in [-0.25, -0.2) is 0 Å². The monoisotopic (exact) mass is 366 g/mol. The first-order valence-corrected chi connectivity index (χ1v) is 9.37. The van der Waals surface area contributed by atoms with E-state index in [0.717, 1.165) is 37.1 Å². The van der Waals surface area contributed by atoms with Gasteiger partial charge in [0.1, 0.15) is 5.75 Å². The minimum Gasteiger partial charge on any atom is -0.496 e. The second-order valence-corrected chi connectivity index (χ2v) is 7.18. The Balaban J connectivity index is 1.84. The first kappa shape index (κ1) is 19.0. The van der Waals surface area contributed by atoms with E-state index in [4.69, 9.17) is 10.5 Å². The smallest absolute Gasteiger partial charge is 0.253 e. The molecule has 2 N–H and O–H groups in total. The number of nitrogens with zero attached hydrogens (tertiary/aromatic N) is 1. The lowest BCUT2D eigenvalue weighted by molar-refractivity contribution is 0.0760. The van der Waals surface area contributed by atoms with Gasteiger partial charge in [-0.05, 0) is 61.1 Å². The molecule has 1 heterocycles. The van der Waals surface area contributed by atoms with Crippen LogP contribution in [0.1, 0.15) is 46.9 Å². The molecule has 0 aliphatic carbocycles. The Morgan fingerprint density at radius 2 is 1.74 bits per heavy atom. The van der Waals surface area contributed by atoms with Crippen LogP contribution in [0.5, 0.6) is 5.75 Å². The molecule has 1 atom stereocenters. The average Bonchev–Trinajstić information content (AvgIpc) is 2.91. The van der Waals surface area contributed by atoms with Crippen LogP contribution < -0.4 is 10.5 Å². The third-order valence-electron chi connectivity index (χ3n) is 5.23. The third-order valence-corrected chi connectivity index (χ3v) is 5.23. The van der Waals surface area contributed by atoms with E-state index in [2.05, 4.69) is 6.92 Å². The fourth-order valence-corrected chi connectivity index (χ4v) is 3.53. The molecular formula is C22H26N2O3. The lowest BCUT2D eigenvalue weighted by Crippen LogP contribution is -2.31. The van der Waals surface area contributed by atoms with E-state index in [9.17, 15) is 9.59 Å². The van der Waals surface area contributed by atoms with Gasteiger partial charge in [0.25, 0.3) is 5.91 Å². The van der Waals surface area contributed by atoms with Gasteiger partial charge >= 0.3 is 0 Å². The summed E-state index contributed by atoms with van der Waals surface area (Å²) in [6, 6.07) is 12.5. The summed E-state index contributed by atoms with van der Waals surface area (Å²) in [5, 5.41) is 0. The minimum absolute atomic E-state index is 0.0773. The number of primary amides is 1. The highest BCUT2D eigenvalue weighted by atomic mass is 16.5. The van der Waals surface area contributed by atoms with E-state index in [1.54, 1.807) is 25.3 Å². The highest BCUT2D eigenvalue weighted by Gasteiger charge is 2.20. The number of hydrogen-bond acceptors (Lipinski definition) is 3. The summed E-state index contributed by atoms with van der Waals surface area (Å²) in [6.07, 6.45) is 3.29. The molecule has 1 saturated heterocycles. The quantitative estimate of drug-likeness (QED) is 0.896. The van der Waals surface area contributed by atoms with Crippen LogP contribution in [0.4, 0.5) is 0 Å². The zero-order valence-electron chi connectivity index (χ0n) is 15.9. The summed E-state index contributed by atoms with van der Waals surface area (Å²) >= 11 is 0. The average molecular weight is 366 g/mol. The molecule has 0 aromatic heterocycles. The fraction of sp³-hybridized carbons (Fsp3) is 0.364. The maximum Gasteiger partial charge on any atom is 0.253 e. The molecule has 0 bridgehead atoms. The highest BCUT2D eigenvalue weighted by Crippen LogP contribution is 2.31. The number of carbonyl (C=O) groups is 2. The fourth-order valence-electron chi connectivity index (χ4n) is 3.53. The minimum atomic E-state index is -0.485. The summed E-state index contributed by atoms with van der Waals surface area (Å²) in [4.78, 5) is 26.2. The van der Waals surface area contributed by atoms with Crippen LogP contribution in [0, 0.1) is 5.92 Å². The van der Waals surface area contributed by atoms with Crippen LogP contribution in [0.2, 0.25) is 0 Å². The Morgan fingerprint density at radius 1 is 1.04 bits per heavy atom. The third kappa shape index (κ3) is 4.30. The van der Waals surface area contributed by atoms with Crippen molar-refractivity contribution in [1.29, 1.82) is 0 Å². The lowest BCUT2D eigenvalue weighted by Gasteiger charge is -2.20. The predicted molar refractivity (Wildman–Crippen MR) is 106 cm³/mol. The zero-order chi connectivity index (χ0) is 19.4. The van der Waals surface area contributed by atoms with Gasteiger partial charge in [-0.2, -0.15) is 0 Å². The van der Waals surface area contributed by atoms with Gasteiger partial charge in [0.2, 0.25) is 5.91 Å². The number of likely N-dealkylation sites (tertiary alicyclic amines) is 1. The topological polar surface area (TPSA) is 72.6 Å². The molecule has 0 spiro atoms. The lowest BCUT2D eigenvalue weighted by atomic mass is 10.00. The molecule has 1 fully saturated rings. The number of nitrogens with two attached hydrogens (primary N) is 1. The van der Waals surface area contributed by atoms with Gasteiger partial charge in [-0.3, -0.25) is 9.59 Å². The highest BCUT2D eigenvalue weighted by molar-refractivity contribution is 5.96. The number of carbonyl (C=O) groups excluding carboxylic acids is 2. The second-order valence-electron chi connectivity index (χ2n) is 7.18. The predicted octanol–water partition coefficient (Wildman–Crippen LogP) is 3.72. The number of rotatable bonds is 4. The normalized spacial score (nSPS) is 17.3. The molecule has 2 aromatic carbocycles. The maximum absolute atomic E-state index is 12.8. The summed E-state index contributed by atoms with van der Waals surface area (Å²) in [5.41, 5.74) is 8.14. The SMILES string of the molecule is COc1ccc(C(N)=O)cc1-c1ccc(C(=O)N2CCC[C@@H](C)CC2)cc1. The maximum atomic E-state index is 12.8. The molecule has 2 aromatic rings. The van der Waals surface area contributed by atoms with Crippen LogP contribution in [0.15, 0.2) is 42.5 Å². The van der Waals surface area contributed by atoms with Crippen molar-refractivity contribution in [1.82, 2.24) is 4.90 Å². The number of amides is 2. The van der Waals surface area contributed by atoms with Crippen molar-refractivity contribution in [2.24, 2.45) is 11.7 Å². The Kier molecular flexibility index (Phi) is 5.79. The molecule has 27 heavy (non-hydrogen) atoms. The number of benzene rings is 2. The van der Waals surface area contributed by atoms with E-state index in [1.165, 1.54) is 6.42 Å². The molecule has 2 amide bonds. The van der Waals surface area contributed by atoms with E-state index < -0.39 is 5.91 Å². The van der Waals surface area contributed by atoms with Crippen LogP contribution in [0.3, 0.4) is 0 Å². The van der Waals surface area contributed by atoms with Gasteiger partial charge in [0, 0.05) is 29.8 Å². The van der Waals surface area contributed by atoms with Crippen molar-refractivity contribution >= 4 is 11.8 Å². The molecule has 3 rings (SSSR count). The molecule has 1 aliphatic rings. The van der Waals surface area contributed by atoms with Crippen molar-refractivity contribution in [3.05, 3.63) is 53.6 Å². The van der Waals surface area contributed by atoms with Crippen LogP contribution in [0.25, 0.3) is 11.1 Å². The molecule has 1 aliphatic heterocycles. The van der Waals surface area contributed by atoms with Gasteiger partial charge < -0.3 is 15.4 Å². The van der Waals surface area contributed by atoms with Crippen molar-refractivity contribution in [2.75, 3.05) is 20.2 Å². The van der Waals surface area contributed by atoms with E-state index >= 15 is 0 Å². The van der Waals surface area contributed by atoms with Gasteiger partial charge in [0.05, 0.1) is 7.11 Å². The number of methoxy groups -OCH3 is 1. The molecule has 5 nitrogen and oxygen atoms in total. The Labute approximate surface area is 160 Å².